The Morgan fingerprint density at radius 3 is 2.85 bits per heavy atom. The van der Waals surface area contributed by atoms with Crippen molar-refractivity contribution in [2.75, 3.05) is 0 Å². The van der Waals surface area contributed by atoms with Gasteiger partial charge in [-0.3, -0.25) is 4.79 Å². The number of carbonyl (C=O) groups excluding carboxylic acids is 1. The van der Waals surface area contributed by atoms with Gasteiger partial charge in [0.15, 0.2) is 0 Å². The average molecular weight is 287 g/mol. The van der Waals surface area contributed by atoms with Crippen molar-refractivity contribution in [3.63, 3.8) is 0 Å². The zero-order chi connectivity index (χ0) is 14.3. The van der Waals surface area contributed by atoms with Crippen LogP contribution >= 0.6 is 11.3 Å². The Balaban J connectivity index is 1.93. The third-order valence-electron chi connectivity index (χ3n) is 3.55. The van der Waals surface area contributed by atoms with E-state index in [9.17, 15) is 14.7 Å². The van der Waals surface area contributed by atoms with E-state index in [2.05, 4.69) is 0 Å². The summed E-state index contributed by atoms with van der Waals surface area (Å²) in [6, 6.07) is 7.02. The summed E-state index contributed by atoms with van der Waals surface area (Å²) in [5.74, 6) is -1.24. The molecule has 3 rings (SSSR count). The molecule has 0 radical (unpaired) electrons. The fraction of sp³-hybridized carbons (Fsp3) is 0.200. The Morgan fingerprint density at radius 2 is 2.20 bits per heavy atom. The van der Waals surface area contributed by atoms with E-state index in [0.29, 0.717) is 18.7 Å². The summed E-state index contributed by atoms with van der Waals surface area (Å²) < 4.78 is 0. The molecule has 102 valence electrons. The first-order valence-electron chi connectivity index (χ1n) is 6.25. The van der Waals surface area contributed by atoms with Crippen LogP contribution in [-0.2, 0) is 13.1 Å². The zero-order valence-electron chi connectivity index (χ0n) is 10.9. The lowest BCUT2D eigenvalue weighted by atomic mass is 10.0. The van der Waals surface area contributed by atoms with E-state index in [1.807, 2.05) is 24.4 Å². The molecule has 1 aromatic carbocycles. The maximum Gasteiger partial charge on any atom is 0.336 e. The molecule has 1 aliphatic rings. The van der Waals surface area contributed by atoms with Crippen LogP contribution < -0.4 is 0 Å². The highest BCUT2D eigenvalue weighted by molar-refractivity contribution is 7.10. The van der Waals surface area contributed by atoms with Gasteiger partial charge in [-0.05, 0) is 35.6 Å². The number of aryl methyl sites for hydroxylation is 1. The maximum absolute atomic E-state index is 12.4. The highest BCUT2D eigenvalue weighted by Crippen LogP contribution is 2.29. The molecule has 0 saturated carbocycles. The van der Waals surface area contributed by atoms with Gasteiger partial charge in [0.1, 0.15) is 0 Å². The van der Waals surface area contributed by atoms with E-state index >= 15 is 0 Å². The third kappa shape index (κ3) is 2.00. The van der Waals surface area contributed by atoms with Crippen LogP contribution in [0.15, 0.2) is 29.6 Å². The summed E-state index contributed by atoms with van der Waals surface area (Å²) in [5, 5.41) is 11.2. The van der Waals surface area contributed by atoms with Gasteiger partial charge in [0, 0.05) is 11.4 Å². The van der Waals surface area contributed by atoms with Crippen LogP contribution in [0, 0.1) is 6.92 Å². The number of aromatic carboxylic acids is 1. The molecule has 0 bridgehead atoms. The second-order valence-corrected chi connectivity index (χ2v) is 5.83. The molecule has 1 aliphatic heterocycles. The Kier molecular flexibility index (Phi) is 3.06. The van der Waals surface area contributed by atoms with Crippen molar-refractivity contribution in [3.05, 3.63) is 56.8 Å². The molecule has 2 heterocycles. The molecule has 0 saturated heterocycles. The summed E-state index contributed by atoms with van der Waals surface area (Å²) >= 11 is 1.62. The molecule has 0 fully saturated rings. The van der Waals surface area contributed by atoms with Gasteiger partial charge >= 0.3 is 5.97 Å². The van der Waals surface area contributed by atoms with E-state index in [1.54, 1.807) is 22.3 Å². The standard InChI is InChI=1S/C15H13NO3S/c1-9-5-6-20-12(9)8-16-7-10-3-2-4-11(15(18)19)13(10)14(16)17/h2-6H,7-8H2,1H3,(H,18,19). The smallest absolute Gasteiger partial charge is 0.336 e. The highest BCUT2D eigenvalue weighted by Gasteiger charge is 2.31. The first-order valence-corrected chi connectivity index (χ1v) is 7.13. The van der Waals surface area contributed by atoms with Crippen LogP contribution in [-0.4, -0.2) is 21.9 Å². The van der Waals surface area contributed by atoms with E-state index in [4.69, 9.17) is 0 Å². The Bertz CT molecular complexity index is 705. The number of amides is 1. The number of carboxylic acid groups (broad SMARTS) is 1. The SMILES string of the molecule is Cc1ccsc1CN1Cc2cccc(C(=O)O)c2C1=O. The minimum Gasteiger partial charge on any atom is -0.478 e. The second-order valence-electron chi connectivity index (χ2n) is 4.83. The lowest BCUT2D eigenvalue weighted by molar-refractivity contribution is 0.0681. The van der Waals surface area contributed by atoms with Gasteiger partial charge in [0.25, 0.3) is 5.91 Å². The van der Waals surface area contributed by atoms with Crippen LogP contribution in [0.1, 0.15) is 36.7 Å². The number of nitrogens with zero attached hydrogens (tertiary/aromatic N) is 1. The number of carbonyl (C=O) groups is 2. The minimum atomic E-state index is -1.05. The Morgan fingerprint density at radius 1 is 1.40 bits per heavy atom. The second kappa shape index (κ2) is 4.76. The predicted octanol–water partition coefficient (Wildman–Crippen LogP) is 2.91. The van der Waals surface area contributed by atoms with Gasteiger partial charge < -0.3 is 10.0 Å². The molecular weight excluding hydrogens is 274 g/mol. The van der Waals surface area contributed by atoms with Crippen molar-refractivity contribution in [2.24, 2.45) is 0 Å². The molecule has 4 nitrogen and oxygen atoms in total. The van der Waals surface area contributed by atoms with Crippen molar-refractivity contribution in [2.45, 2.75) is 20.0 Å². The fourth-order valence-corrected chi connectivity index (χ4v) is 3.39. The Hall–Kier alpha value is -2.14. The minimum absolute atomic E-state index is 0.0953. The average Bonchev–Trinajstić information content (AvgIpc) is 2.95. The van der Waals surface area contributed by atoms with Crippen LogP contribution in [0.3, 0.4) is 0 Å². The molecule has 0 atom stereocenters. The van der Waals surface area contributed by atoms with E-state index in [-0.39, 0.29) is 11.5 Å². The molecule has 0 unspecified atom stereocenters. The largest absolute Gasteiger partial charge is 0.478 e. The lowest BCUT2D eigenvalue weighted by Gasteiger charge is -2.15. The van der Waals surface area contributed by atoms with Crippen molar-refractivity contribution in [1.29, 1.82) is 0 Å². The molecule has 0 spiro atoms. The van der Waals surface area contributed by atoms with E-state index in [0.717, 1.165) is 16.0 Å². The molecule has 0 aliphatic carbocycles. The van der Waals surface area contributed by atoms with Gasteiger partial charge in [0.05, 0.1) is 17.7 Å². The maximum atomic E-state index is 12.4. The number of rotatable bonds is 3. The van der Waals surface area contributed by atoms with Crippen molar-refractivity contribution in [3.8, 4) is 0 Å². The van der Waals surface area contributed by atoms with Crippen molar-refractivity contribution < 1.29 is 14.7 Å². The summed E-state index contributed by atoms with van der Waals surface area (Å²) in [7, 11) is 0. The molecule has 20 heavy (non-hydrogen) atoms. The number of thiophene rings is 1. The van der Waals surface area contributed by atoms with Gasteiger partial charge in [-0.25, -0.2) is 4.79 Å². The van der Waals surface area contributed by atoms with Crippen LogP contribution in [0.2, 0.25) is 0 Å². The molecule has 1 aromatic heterocycles. The molecule has 1 amide bonds. The Labute approximate surface area is 120 Å². The van der Waals surface area contributed by atoms with Gasteiger partial charge in [0.2, 0.25) is 0 Å². The van der Waals surface area contributed by atoms with Gasteiger partial charge in [-0.2, -0.15) is 0 Å². The quantitative estimate of drug-likeness (QED) is 0.944. The van der Waals surface area contributed by atoms with Crippen molar-refractivity contribution >= 4 is 23.2 Å². The molecular formula is C15H13NO3S. The summed E-state index contributed by atoms with van der Waals surface area (Å²) in [5.41, 5.74) is 2.40. The first kappa shape index (κ1) is 12.9. The van der Waals surface area contributed by atoms with Gasteiger partial charge in [-0.1, -0.05) is 12.1 Å². The van der Waals surface area contributed by atoms with Crippen LogP contribution in [0.4, 0.5) is 0 Å². The topological polar surface area (TPSA) is 57.6 Å². The molecule has 5 heteroatoms. The number of benzene rings is 1. The van der Waals surface area contributed by atoms with Crippen LogP contribution in [0.25, 0.3) is 0 Å². The number of hydrogen-bond acceptors (Lipinski definition) is 3. The third-order valence-corrected chi connectivity index (χ3v) is 4.55. The summed E-state index contributed by atoms with van der Waals surface area (Å²) in [6.45, 7) is 3.03. The van der Waals surface area contributed by atoms with Crippen LogP contribution in [0.5, 0.6) is 0 Å². The summed E-state index contributed by atoms with van der Waals surface area (Å²) in [6.07, 6.45) is 0. The normalized spacial score (nSPS) is 13.7. The monoisotopic (exact) mass is 287 g/mol. The molecule has 1 N–H and O–H groups in total. The lowest BCUT2D eigenvalue weighted by Crippen LogP contribution is -2.24. The number of hydrogen-bond donors (Lipinski definition) is 1. The first-order chi connectivity index (χ1) is 9.58. The fourth-order valence-electron chi connectivity index (χ4n) is 2.47. The highest BCUT2D eigenvalue weighted by atomic mass is 32.1. The summed E-state index contributed by atoms with van der Waals surface area (Å²) in [4.78, 5) is 26.5. The predicted molar refractivity (Wildman–Crippen MR) is 76.0 cm³/mol. The van der Waals surface area contributed by atoms with Gasteiger partial charge in [-0.15, -0.1) is 11.3 Å². The zero-order valence-corrected chi connectivity index (χ0v) is 11.7. The number of fused-ring (bicyclic) bond motifs is 1. The van der Waals surface area contributed by atoms with Crippen molar-refractivity contribution in [1.82, 2.24) is 4.90 Å². The van der Waals surface area contributed by atoms with E-state index in [1.165, 1.54) is 6.07 Å². The van der Waals surface area contributed by atoms with E-state index < -0.39 is 5.97 Å². The number of carboxylic acids is 1. The molecule has 2 aromatic rings.